The summed E-state index contributed by atoms with van der Waals surface area (Å²) in [4.78, 5) is 2.59. The summed E-state index contributed by atoms with van der Waals surface area (Å²) in [5.41, 5.74) is 2.12. The summed E-state index contributed by atoms with van der Waals surface area (Å²) in [6.07, 6.45) is 3.80. The van der Waals surface area contributed by atoms with E-state index in [-0.39, 0.29) is 0 Å². The number of hydrogen-bond acceptors (Lipinski definition) is 2. The first kappa shape index (κ1) is 13.1. The molecule has 0 spiro atoms. The fraction of sp³-hybridized carbons (Fsp3) is 0.389. The Kier molecular flexibility index (Phi) is 3.71. The molecule has 0 aliphatic carbocycles. The molecule has 1 heterocycles. The lowest BCUT2D eigenvalue weighted by Gasteiger charge is -2.20. The minimum Gasteiger partial charge on any atom is -0.300 e. The van der Waals surface area contributed by atoms with Crippen LogP contribution in [0.2, 0.25) is 0 Å². The van der Waals surface area contributed by atoms with E-state index < -0.39 is 0 Å². The molecule has 102 valence electrons. The van der Waals surface area contributed by atoms with Crippen LogP contribution in [0.3, 0.4) is 0 Å². The van der Waals surface area contributed by atoms with E-state index >= 15 is 0 Å². The lowest BCUT2D eigenvalue weighted by Crippen LogP contribution is -2.28. The molecule has 2 aromatic rings. The molecule has 0 aromatic heterocycles. The molecule has 0 saturated carbocycles. The van der Waals surface area contributed by atoms with Crippen LogP contribution in [0.4, 0.5) is 0 Å². The van der Waals surface area contributed by atoms with Crippen molar-refractivity contribution >= 4 is 10.8 Å². The van der Waals surface area contributed by atoms with Crippen LogP contribution < -0.4 is 0 Å². The Labute approximate surface area is 120 Å². The quantitative estimate of drug-likeness (QED) is 0.844. The highest BCUT2D eigenvalue weighted by Gasteiger charge is 2.19. The number of hydrogen-bond donors (Lipinski definition) is 0. The van der Waals surface area contributed by atoms with Crippen LogP contribution in [-0.2, 0) is 6.42 Å². The number of likely N-dealkylation sites (tertiary alicyclic amines) is 1. The molecule has 1 aliphatic rings. The van der Waals surface area contributed by atoms with Gasteiger partial charge in [-0.3, -0.25) is 0 Å². The summed E-state index contributed by atoms with van der Waals surface area (Å²) < 4.78 is 0. The lowest BCUT2D eigenvalue weighted by molar-refractivity contribution is 0.272. The van der Waals surface area contributed by atoms with E-state index in [9.17, 15) is 0 Å². The minimum atomic E-state index is 0.733. The fourth-order valence-electron chi connectivity index (χ4n) is 3.12. The van der Waals surface area contributed by atoms with Gasteiger partial charge in [0.25, 0.3) is 0 Å². The van der Waals surface area contributed by atoms with Crippen molar-refractivity contribution in [2.24, 2.45) is 0 Å². The van der Waals surface area contributed by atoms with Gasteiger partial charge in [0.15, 0.2) is 0 Å². The van der Waals surface area contributed by atoms with Crippen LogP contribution in [0.15, 0.2) is 36.4 Å². The largest absolute Gasteiger partial charge is 0.300 e. The summed E-state index contributed by atoms with van der Waals surface area (Å²) in [6.45, 7) is 4.74. The number of nitrogens with zero attached hydrogens (tertiary/aromatic N) is 2. The number of fused-ring (bicyclic) bond motifs is 1. The summed E-state index contributed by atoms with van der Waals surface area (Å²) in [5, 5.41) is 11.3. The number of rotatable bonds is 3. The maximum Gasteiger partial charge on any atom is 0.0991 e. The molecule has 0 bridgehead atoms. The zero-order chi connectivity index (χ0) is 13.9. The van der Waals surface area contributed by atoms with Gasteiger partial charge in [-0.05, 0) is 61.2 Å². The van der Waals surface area contributed by atoms with E-state index in [1.54, 1.807) is 0 Å². The molecule has 1 atom stereocenters. The topological polar surface area (TPSA) is 27.0 Å². The molecule has 1 fully saturated rings. The van der Waals surface area contributed by atoms with Crippen molar-refractivity contribution in [3.05, 3.63) is 47.5 Å². The van der Waals surface area contributed by atoms with Gasteiger partial charge in [0.2, 0.25) is 0 Å². The third-order valence-electron chi connectivity index (χ3n) is 4.41. The van der Waals surface area contributed by atoms with Crippen LogP contribution in [0.5, 0.6) is 0 Å². The normalized spacial score (nSPS) is 19.3. The van der Waals surface area contributed by atoms with Crippen molar-refractivity contribution in [2.75, 3.05) is 13.1 Å². The van der Waals surface area contributed by atoms with Crippen molar-refractivity contribution in [2.45, 2.75) is 32.2 Å². The van der Waals surface area contributed by atoms with Gasteiger partial charge >= 0.3 is 0 Å². The van der Waals surface area contributed by atoms with Gasteiger partial charge in [-0.2, -0.15) is 5.26 Å². The molecule has 3 rings (SSSR count). The first-order valence-electron chi connectivity index (χ1n) is 7.43. The zero-order valence-electron chi connectivity index (χ0n) is 12.0. The Morgan fingerprint density at radius 3 is 2.75 bits per heavy atom. The Morgan fingerprint density at radius 1 is 1.20 bits per heavy atom. The zero-order valence-corrected chi connectivity index (χ0v) is 12.0. The number of nitriles is 1. The first-order chi connectivity index (χ1) is 9.76. The van der Waals surface area contributed by atoms with Crippen LogP contribution >= 0.6 is 0 Å². The molecule has 0 amide bonds. The molecule has 0 unspecified atom stereocenters. The SMILES string of the molecule is C[C@H]1CCCN1CCc1ccc2cc(C#N)ccc2c1. The molecule has 2 heteroatoms. The molecular formula is C18H20N2. The van der Waals surface area contributed by atoms with Gasteiger partial charge in [0.05, 0.1) is 11.6 Å². The highest BCUT2D eigenvalue weighted by Crippen LogP contribution is 2.20. The molecular weight excluding hydrogens is 244 g/mol. The third-order valence-corrected chi connectivity index (χ3v) is 4.41. The molecule has 2 aromatic carbocycles. The smallest absolute Gasteiger partial charge is 0.0991 e. The van der Waals surface area contributed by atoms with Gasteiger partial charge < -0.3 is 4.90 Å². The average Bonchev–Trinajstić information content (AvgIpc) is 2.89. The lowest BCUT2D eigenvalue weighted by atomic mass is 10.0. The Balaban J connectivity index is 1.74. The van der Waals surface area contributed by atoms with E-state index in [4.69, 9.17) is 5.26 Å². The van der Waals surface area contributed by atoms with E-state index in [0.29, 0.717) is 0 Å². The van der Waals surface area contributed by atoms with Crippen molar-refractivity contribution in [3.63, 3.8) is 0 Å². The molecule has 2 nitrogen and oxygen atoms in total. The molecule has 1 saturated heterocycles. The van der Waals surface area contributed by atoms with E-state index in [0.717, 1.165) is 30.0 Å². The Hall–Kier alpha value is -1.85. The van der Waals surface area contributed by atoms with Gasteiger partial charge in [0, 0.05) is 12.6 Å². The first-order valence-corrected chi connectivity index (χ1v) is 7.43. The second kappa shape index (κ2) is 5.64. The highest BCUT2D eigenvalue weighted by molar-refractivity contribution is 5.84. The molecule has 20 heavy (non-hydrogen) atoms. The average molecular weight is 264 g/mol. The Bertz CT molecular complexity index is 654. The summed E-state index contributed by atoms with van der Waals surface area (Å²) >= 11 is 0. The predicted molar refractivity (Wildman–Crippen MR) is 82.6 cm³/mol. The highest BCUT2D eigenvalue weighted by atomic mass is 15.2. The van der Waals surface area contributed by atoms with Crippen LogP contribution in [0, 0.1) is 11.3 Å². The molecule has 1 aliphatic heterocycles. The van der Waals surface area contributed by atoms with Crippen LogP contribution in [0.25, 0.3) is 10.8 Å². The van der Waals surface area contributed by atoms with Crippen LogP contribution in [0.1, 0.15) is 30.9 Å². The van der Waals surface area contributed by atoms with E-state index in [2.05, 4.69) is 42.2 Å². The van der Waals surface area contributed by atoms with Crippen molar-refractivity contribution in [1.29, 1.82) is 5.26 Å². The van der Waals surface area contributed by atoms with Crippen LogP contribution in [-0.4, -0.2) is 24.0 Å². The second-order valence-corrected chi connectivity index (χ2v) is 5.79. The molecule has 0 radical (unpaired) electrons. The van der Waals surface area contributed by atoms with Crippen molar-refractivity contribution in [3.8, 4) is 6.07 Å². The third kappa shape index (κ3) is 2.69. The molecule has 0 N–H and O–H groups in total. The van der Waals surface area contributed by atoms with Gasteiger partial charge in [-0.1, -0.05) is 24.3 Å². The maximum atomic E-state index is 8.93. The van der Waals surface area contributed by atoms with Gasteiger partial charge in [-0.15, -0.1) is 0 Å². The Morgan fingerprint density at radius 2 is 2.00 bits per heavy atom. The van der Waals surface area contributed by atoms with Gasteiger partial charge in [-0.25, -0.2) is 0 Å². The fourth-order valence-corrected chi connectivity index (χ4v) is 3.12. The van der Waals surface area contributed by atoms with Crippen molar-refractivity contribution in [1.82, 2.24) is 4.90 Å². The summed E-state index contributed by atoms with van der Waals surface area (Å²) in [7, 11) is 0. The van der Waals surface area contributed by atoms with Gasteiger partial charge in [0.1, 0.15) is 0 Å². The predicted octanol–water partition coefficient (Wildman–Crippen LogP) is 3.74. The number of benzene rings is 2. The summed E-state index contributed by atoms with van der Waals surface area (Å²) in [5.74, 6) is 0. The second-order valence-electron chi connectivity index (χ2n) is 5.79. The monoisotopic (exact) mass is 264 g/mol. The van der Waals surface area contributed by atoms with E-state index in [1.807, 2.05) is 12.1 Å². The maximum absolute atomic E-state index is 8.93. The standard InChI is InChI=1S/C18H20N2/c1-14-3-2-9-20(14)10-8-15-4-6-18-12-16(13-19)5-7-17(18)11-15/h4-7,11-12,14H,2-3,8-10H2,1H3/t14-/m0/s1. The van der Waals surface area contributed by atoms with E-state index in [1.165, 1.54) is 30.3 Å². The minimum absolute atomic E-state index is 0.733. The summed E-state index contributed by atoms with van der Waals surface area (Å²) in [6, 6.07) is 15.4. The van der Waals surface area contributed by atoms with Crippen molar-refractivity contribution < 1.29 is 0 Å².